The molecule has 7 nitrogen and oxygen atoms in total. The fraction of sp³-hybridized carbons (Fsp3) is 0.0588. The van der Waals surface area contributed by atoms with Crippen LogP contribution >= 0.6 is 11.6 Å². The average Bonchev–Trinajstić information content (AvgIpc) is 2.61. The van der Waals surface area contributed by atoms with Crippen molar-refractivity contribution >= 4 is 33.1 Å². The summed E-state index contributed by atoms with van der Waals surface area (Å²) >= 11 is 5.67. The minimum Gasteiger partial charge on any atom is -0.294 e. The molecule has 0 fully saturated rings. The zero-order valence-corrected chi connectivity index (χ0v) is 15.5. The Balaban J connectivity index is 1.84. The summed E-state index contributed by atoms with van der Waals surface area (Å²) in [7, 11) is -4.57. The number of anilines is 1. The Labute approximate surface area is 163 Å². The molecular weight excluding hydrogens is 414 g/mol. The second-order valence-electron chi connectivity index (χ2n) is 5.54. The number of benzene rings is 1. The molecule has 2 aromatic heterocycles. The Morgan fingerprint density at radius 2 is 1.86 bits per heavy atom. The highest BCUT2D eigenvalue weighted by Gasteiger charge is 2.24. The Morgan fingerprint density at radius 3 is 2.54 bits per heavy atom. The third-order valence-corrected chi connectivity index (χ3v) is 5.14. The molecule has 0 aliphatic heterocycles. The van der Waals surface area contributed by atoms with Gasteiger partial charge in [0.25, 0.3) is 10.0 Å². The molecule has 144 valence electrons. The van der Waals surface area contributed by atoms with Gasteiger partial charge in [0.15, 0.2) is 10.7 Å². The van der Waals surface area contributed by atoms with Gasteiger partial charge < -0.3 is 0 Å². The highest BCUT2D eigenvalue weighted by atomic mass is 35.5. The molecule has 0 amide bonds. The summed E-state index contributed by atoms with van der Waals surface area (Å²) in [5.74, 6) is -2.90. The predicted molar refractivity (Wildman–Crippen MR) is 96.5 cm³/mol. The number of halogens is 3. The molecule has 3 aromatic rings. The maximum atomic E-state index is 13.8. The first-order chi connectivity index (χ1) is 13.3. The Hall–Kier alpha value is -2.98. The number of nitrogens with zero attached hydrogens (tertiary/aromatic N) is 3. The summed E-state index contributed by atoms with van der Waals surface area (Å²) in [5.41, 5.74) is 0.308. The quantitative estimate of drug-likeness (QED) is 0.482. The van der Waals surface area contributed by atoms with Crippen LogP contribution in [0, 0.1) is 11.6 Å². The summed E-state index contributed by atoms with van der Waals surface area (Å²) in [6, 6.07) is 5.40. The van der Waals surface area contributed by atoms with Gasteiger partial charge in [0.2, 0.25) is 5.28 Å². The van der Waals surface area contributed by atoms with Crippen molar-refractivity contribution in [2.24, 2.45) is 0 Å². The number of pyridine rings is 1. The van der Waals surface area contributed by atoms with Crippen molar-refractivity contribution in [3.8, 4) is 0 Å². The van der Waals surface area contributed by atoms with Gasteiger partial charge in [-0.3, -0.25) is 14.5 Å². The molecule has 3 rings (SSSR count). The van der Waals surface area contributed by atoms with Crippen molar-refractivity contribution < 1.29 is 22.0 Å². The molecular formula is C17H11ClF2N4O3S. The van der Waals surface area contributed by atoms with Crippen molar-refractivity contribution in [2.75, 3.05) is 4.72 Å². The van der Waals surface area contributed by atoms with Crippen LogP contribution in [0.4, 0.5) is 14.5 Å². The third kappa shape index (κ3) is 4.46. The number of ketones is 1. The minimum absolute atomic E-state index is 0.0168. The highest BCUT2D eigenvalue weighted by Crippen LogP contribution is 2.22. The van der Waals surface area contributed by atoms with Gasteiger partial charge >= 0.3 is 0 Å². The first-order valence-corrected chi connectivity index (χ1v) is 9.55. The molecule has 28 heavy (non-hydrogen) atoms. The highest BCUT2D eigenvalue weighted by molar-refractivity contribution is 7.92. The van der Waals surface area contributed by atoms with E-state index in [0.717, 1.165) is 24.4 Å². The van der Waals surface area contributed by atoms with E-state index < -0.39 is 32.3 Å². The molecule has 1 N–H and O–H groups in total. The van der Waals surface area contributed by atoms with E-state index in [9.17, 15) is 22.0 Å². The van der Waals surface area contributed by atoms with Crippen molar-refractivity contribution in [3.05, 3.63) is 77.1 Å². The van der Waals surface area contributed by atoms with Crippen LogP contribution < -0.4 is 4.72 Å². The number of hydrogen-bond acceptors (Lipinski definition) is 6. The Morgan fingerprint density at radius 1 is 1.14 bits per heavy atom. The van der Waals surface area contributed by atoms with Crippen LogP contribution in [0.1, 0.15) is 16.1 Å². The molecule has 0 spiro atoms. The first kappa shape index (κ1) is 19.8. The molecule has 0 bridgehead atoms. The van der Waals surface area contributed by atoms with E-state index in [-0.39, 0.29) is 23.0 Å². The van der Waals surface area contributed by atoms with E-state index in [2.05, 4.69) is 15.0 Å². The van der Waals surface area contributed by atoms with Crippen LogP contribution in [0.15, 0.2) is 53.8 Å². The van der Waals surface area contributed by atoms with Gasteiger partial charge in [0, 0.05) is 18.0 Å². The number of sulfonamides is 1. The first-order valence-electron chi connectivity index (χ1n) is 7.69. The number of carbonyl (C=O) groups excluding carboxylic acids is 1. The fourth-order valence-corrected chi connectivity index (χ4v) is 3.67. The molecule has 1 aromatic carbocycles. The van der Waals surface area contributed by atoms with Crippen LogP contribution in [0.3, 0.4) is 0 Å². The van der Waals surface area contributed by atoms with E-state index >= 15 is 0 Å². The van der Waals surface area contributed by atoms with Gasteiger partial charge in [-0.2, -0.15) is 0 Å². The maximum absolute atomic E-state index is 13.8. The van der Waals surface area contributed by atoms with E-state index in [1.165, 1.54) is 24.5 Å². The van der Waals surface area contributed by atoms with Gasteiger partial charge in [0.05, 0.1) is 24.0 Å². The number of Topliss-reactive ketones (excluding diaryl/α,β-unsaturated/α-hetero) is 1. The van der Waals surface area contributed by atoms with Gasteiger partial charge in [-0.1, -0.05) is 6.07 Å². The van der Waals surface area contributed by atoms with Crippen molar-refractivity contribution in [3.63, 3.8) is 0 Å². The lowest BCUT2D eigenvalue weighted by Gasteiger charge is -2.10. The molecule has 2 heterocycles. The van der Waals surface area contributed by atoms with Crippen LogP contribution in [-0.4, -0.2) is 29.2 Å². The molecule has 0 saturated heterocycles. The van der Waals surface area contributed by atoms with E-state index in [1.54, 1.807) is 0 Å². The minimum atomic E-state index is -4.57. The normalized spacial score (nSPS) is 11.2. The fourth-order valence-electron chi connectivity index (χ4n) is 2.33. The number of rotatable bonds is 6. The standard InChI is InChI=1S/C17H11ClF2N4O3S/c18-17-22-5-4-11(23-17)7-15(25)10-6-12(9-21-8-10)24-28(26,27)16-13(19)2-1-3-14(16)20/h1-6,8-9,24H,7H2. The SMILES string of the molecule is O=C(Cc1ccnc(Cl)n1)c1cncc(NS(=O)(=O)c2c(F)cccc2F)c1. The summed E-state index contributed by atoms with van der Waals surface area (Å²) in [4.78, 5) is 22.7. The van der Waals surface area contributed by atoms with E-state index in [4.69, 9.17) is 11.6 Å². The summed E-state index contributed by atoms with van der Waals surface area (Å²) < 4.78 is 54.2. The van der Waals surface area contributed by atoms with Crippen molar-refractivity contribution in [2.45, 2.75) is 11.3 Å². The smallest absolute Gasteiger partial charge is 0.267 e. The zero-order chi connectivity index (χ0) is 20.3. The van der Waals surface area contributed by atoms with Gasteiger partial charge in [-0.15, -0.1) is 0 Å². The van der Waals surface area contributed by atoms with Crippen LogP contribution in [-0.2, 0) is 16.4 Å². The third-order valence-electron chi connectivity index (χ3n) is 3.53. The van der Waals surface area contributed by atoms with Crippen molar-refractivity contribution in [1.29, 1.82) is 0 Å². The second kappa shape index (κ2) is 7.95. The lowest BCUT2D eigenvalue weighted by molar-refractivity contribution is 0.0991. The molecule has 11 heteroatoms. The molecule has 0 unspecified atom stereocenters. The van der Waals surface area contributed by atoms with Crippen molar-refractivity contribution in [1.82, 2.24) is 15.0 Å². The molecule has 0 aliphatic rings. The number of nitrogens with one attached hydrogen (secondary N) is 1. The van der Waals surface area contributed by atoms with Crippen LogP contribution in [0.5, 0.6) is 0 Å². The zero-order valence-electron chi connectivity index (χ0n) is 13.9. The molecule has 0 aliphatic carbocycles. The van der Waals surface area contributed by atoms with Gasteiger partial charge in [0.1, 0.15) is 11.6 Å². The largest absolute Gasteiger partial charge is 0.294 e. The summed E-state index contributed by atoms with van der Waals surface area (Å²) in [6.45, 7) is 0. The summed E-state index contributed by atoms with van der Waals surface area (Å²) in [6.07, 6.45) is 3.60. The topological polar surface area (TPSA) is 102 Å². The maximum Gasteiger partial charge on any atom is 0.267 e. The lowest BCUT2D eigenvalue weighted by Crippen LogP contribution is -2.17. The van der Waals surface area contributed by atoms with Gasteiger partial charge in [-0.25, -0.2) is 27.2 Å². The Bertz CT molecular complexity index is 1140. The predicted octanol–water partition coefficient (Wildman–Crippen LogP) is 3.03. The number of hydrogen-bond donors (Lipinski definition) is 1. The summed E-state index contributed by atoms with van der Waals surface area (Å²) in [5, 5.41) is -0.0168. The Kier molecular flexibility index (Phi) is 5.61. The second-order valence-corrected chi connectivity index (χ2v) is 7.49. The van der Waals surface area contributed by atoms with Crippen LogP contribution in [0.2, 0.25) is 5.28 Å². The number of carbonyl (C=O) groups is 1. The monoisotopic (exact) mass is 424 g/mol. The molecule has 0 atom stereocenters. The van der Waals surface area contributed by atoms with E-state index in [1.807, 2.05) is 4.72 Å². The molecule has 0 saturated carbocycles. The van der Waals surface area contributed by atoms with Crippen LogP contribution in [0.25, 0.3) is 0 Å². The average molecular weight is 425 g/mol. The van der Waals surface area contributed by atoms with E-state index in [0.29, 0.717) is 5.69 Å². The molecule has 0 radical (unpaired) electrons. The lowest BCUT2D eigenvalue weighted by atomic mass is 10.1. The van der Waals surface area contributed by atoms with Gasteiger partial charge in [-0.05, 0) is 35.9 Å². The number of aromatic nitrogens is 3.